The van der Waals surface area contributed by atoms with Crippen LogP contribution in [0.5, 0.6) is 0 Å². The number of carboxylic acids is 1. The molecule has 0 spiro atoms. The molecule has 2 heterocycles. The van der Waals surface area contributed by atoms with Crippen molar-refractivity contribution in [1.82, 2.24) is 15.5 Å². The summed E-state index contributed by atoms with van der Waals surface area (Å²) in [4.78, 5) is 48.4. The van der Waals surface area contributed by atoms with E-state index in [1.54, 1.807) is 0 Å². The van der Waals surface area contributed by atoms with Gasteiger partial charge >= 0.3 is 12.0 Å². The first-order valence-electron chi connectivity index (χ1n) is 8.60. The van der Waals surface area contributed by atoms with Crippen molar-refractivity contribution in [3.63, 3.8) is 0 Å². The standard InChI is InChI=1S/C18H21N3O5/c22-15(23)7-6-12(8-11-4-2-1-3-5-11)19-18(26)21-9-13-14(10-21)17(25)20-16(13)24/h1-5,12-14H,6-10H2,(H,19,26)(H,22,23)(H,20,24,25)/t12?,13-,14+. The van der Waals surface area contributed by atoms with E-state index in [4.69, 9.17) is 5.11 Å². The summed E-state index contributed by atoms with van der Waals surface area (Å²) in [5, 5.41) is 14.1. The molecule has 2 aliphatic rings. The third-order valence-electron chi connectivity index (χ3n) is 4.89. The summed E-state index contributed by atoms with van der Waals surface area (Å²) in [6.07, 6.45) is 0.764. The van der Waals surface area contributed by atoms with Gasteiger partial charge in [-0.2, -0.15) is 0 Å². The minimum Gasteiger partial charge on any atom is -0.481 e. The van der Waals surface area contributed by atoms with Crippen LogP contribution >= 0.6 is 0 Å². The van der Waals surface area contributed by atoms with Crippen molar-refractivity contribution in [3.05, 3.63) is 35.9 Å². The van der Waals surface area contributed by atoms with Crippen LogP contribution in [-0.2, 0) is 20.8 Å². The molecule has 8 nitrogen and oxygen atoms in total. The van der Waals surface area contributed by atoms with Gasteiger partial charge in [0.2, 0.25) is 11.8 Å². The fraction of sp³-hybridized carbons (Fsp3) is 0.444. The highest BCUT2D eigenvalue weighted by Crippen LogP contribution is 2.28. The van der Waals surface area contributed by atoms with Gasteiger partial charge in [0.15, 0.2) is 0 Å². The van der Waals surface area contributed by atoms with Crippen molar-refractivity contribution in [2.75, 3.05) is 13.1 Å². The van der Waals surface area contributed by atoms with Crippen LogP contribution in [-0.4, -0.2) is 53.0 Å². The smallest absolute Gasteiger partial charge is 0.317 e. The molecule has 0 aliphatic carbocycles. The Labute approximate surface area is 150 Å². The first-order chi connectivity index (χ1) is 12.4. The largest absolute Gasteiger partial charge is 0.481 e. The number of imide groups is 1. The van der Waals surface area contributed by atoms with Crippen LogP contribution in [0.1, 0.15) is 18.4 Å². The van der Waals surface area contributed by atoms with Gasteiger partial charge in [0.05, 0.1) is 11.8 Å². The molecule has 1 aromatic carbocycles. The molecule has 26 heavy (non-hydrogen) atoms. The number of carbonyl (C=O) groups excluding carboxylic acids is 3. The number of hydrogen-bond donors (Lipinski definition) is 3. The third kappa shape index (κ3) is 4.01. The average molecular weight is 359 g/mol. The Morgan fingerprint density at radius 2 is 1.77 bits per heavy atom. The first-order valence-corrected chi connectivity index (χ1v) is 8.60. The Morgan fingerprint density at radius 1 is 1.15 bits per heavy atom. The monoisotopic (exact) mass is 359 g/mol. The van der Waals surface area contributed by atoms with E-state index < -0.39 is 17.8 Å². The number of carbonyl (C=O) groups is 4. The van der Waals surface area contributed by atoms with Gasteiger partial charge in [-0.15, -0.1) is 0 Å². The molecule has 2 saturated heterocycles. The lowest BCUT2D eigenvalue weighted by molar-refractivity contribution is -0.137. The Bertz CT molecular complexity index is 699. The zero-order valence-corrected chi connectivity index (χ0v) is 14.2. The first kappa shape index (κ1) is 17.9. The predicted octanol–water partition coefficient (Wildman–Crippen LogP) is 0.377. The number of fused-ring (bicyclic) bond motifs is 1. The van der Waals surface area contributed by atoms with Crippen molar-refractivity contribution in [2.45, 2.75) is 25.3 Å². The predicted molar refractivity (Wildman–Crippen MR) is 91.0 cm³/mol. The molecular formula is C18H21N3O5. The molecular weight excluding hydrogens is 338 g/mol. The number of benzene rings is 1. The average Bonchev–Trinajstić information content (AvgIpc) is 3.15. The maximum atomic E-state index is 12.6. The topological polar surface area (TPSA) is 116 Å². The Balaban J connectivity index is 1.62. The number of nitrogens with one attached hydrogen (secondary N) is 2. The van der Waals surface area contributed by atoms with Crippen LogP contribution in [0.3, 0.4) is 0 Å². The number of rotatable bonds is 6. The number of urea groups is 1. The summed E-state index contributed by atoms with van der Waals surface area (Å²) in [6.45, 7) is 0.399. The van der Waals surface area contributed by atoms with Crippen LogP contribution in [0, 0.1) is 11.8 Å². The van der Waals surface area contributed by atoms with Gasteiger partial charge < -0.3 is 15.3 Å². The highest BCUT2D eigenvalue weighted by atomic mass is 16.4. The van der Waals surface area contributed by atoms with Gasteiger partial charge in [-0.1, -0.05) is 30.3 Å². The molecule has 0 bridgehead atoms. The lowest BCUT2D eigenvalue weighted by atomic mass is 10.00. The second-order valence-electron chi connectivity index (χ2n) is 6.74. The van der Waals surface area contributed by atoms with Crippen molar-refractivity contribution in [3.8, 4) is 0 Å². The zero-order valence-electron chi connectivity index (χ0n) is 14.2. The van der Waals surface area contributed by atoms with E-state index in [-0.39, 0.29) is 43.4 Å². The second kappa shape index (κ2) is 7.55. The van der Waals surface area contributed by atoms with E-state index in [0.717, 1.165) is 5.56 Å². The van der Waals surface area contributed by atoms with Gasteiger partial charge in [-0.25, -0.2) is 4.79 Å². The molecule has 2 aliphatic heterocycles. The molecule has 0 aromatic heterocycles. The molecule has 4 amide bonds. The van der Waals surface area contributed by atoms with Gasteiger partial charge in [-0.05, 0) is 18.4 Å². The summed E-state index contributed by atoms with van der Waals surface area (Å²) >= 11 is 0. The van der Waals surface area contributed by atoms with Crippen LogP contribution in [0.4, 0.5) is 4.79 Å². The fourth-order valence-corrected chi connectivity index (χ4v) is 3.50. The third-order valence-corrected chi connectivity index (χ3v) is 4.89. The van der Waals surface area contributed by atoms with Crippen molar-refractivity contribution in [1.29, 1.82) is 0 Å². The second-order valence-corrected chi connectivity index (χ2v) is 6.74. The lowest BCUT2D eigenvalue weighted by Gasteiger charge is -2.23. The van der Waals surface area contributed by atoms with Crippen LogP contribution in [0.25, 0.3) is 0 Å². The SMILES string of the molecule is O=C(O)CCC(Cc1ccccc1)NC(=O)N1C[C@@H]2C(=O)NC(=O)[C@@H]2C1. The zero-order chi connectivity index (χ0) is 18.7. The molecule has 3 rings (SSSR count). The van der Waals surface area contributed by atoms with Crippen LogP contribution < -0.4 is 10.6 Å². The number of carboxylic acid groups (broad SMARTS) is 1. The summed E-state index contributed by atoms with van der Waals surface area (Å²) in [7, 11) is 0. The number of hydrogen-bond acceptors (Lipinski definition) is 4. The summed E-state index contributed by atoms with van der Waals surface area (Å²) in [5.74, 6) is -2.56. The van der Waals surface area contributed by atoms with Gasteiger partial charge in [0.1, 0.15) is 0 Å². The fourth-order valence-electron chi connectivity index (χ4n) is 3.50. The van der Waals surface area contributed by atoms with E-state index in [2.05, 4.69) is 10.6 Å². The highest BCUT2D eigenvalue weighted by Gasteiger charge is 2.49. The molecule has 2 fully saturated rings. The number of likely N-dealkylation sites (tertiary alicyclic amines) is 1. The Kier molecular flexibility index (Phi) is 5.20. The van der Waals surface area contributed by atoms with E-state index >= 15 is 0 Å². The Morgan fingerprint density at radius 3 is 2.35 bits per heavy atom. The molecule has 0 saturated carbocycles. The van der Waals surface area contributed by atoms with Crippen LogP contribution in [0.2, 0.25) is 0 Å². The maximum Gasteiger partial charge on any atom is 0.317 e. The lowest BCUT2D eigenvalue weighted by Crippen LogP contribution is -2.46. The van der Waals surface area contributed by atoms with E-state index in [0.29, 0.717) is 12.8 Å². The minimum absolute atomic E-state index is 0.0517. The molecule has 0 radical (unpaired) electrons. The molecule has 1 aromatic rings. The minimum atomic E-state index is -0.921. The van der Waals surface area contributed by atoms with E-state index in [1.165, 1.54) is 4.90 Å². The summed E-state index contributed by atoms with van der Waals surface area (Å²) in [5.41, 5.74) is 0.996. The number of amides is 4. The van der Waals surface area contributed by atoms with Gasteiger partial charge in [0, 0.05) is 25.6 Å². The number of nitrogens with zero attached hydrogens (tertiary/aromatic N) is 1. The van der Waals surface area contributed by atoms with Gasteiger partial charge in [0.25, 0.3) is 0 Å². The molecule has 3 atom stereocenters. The highest BCUT2D eigenvalue weighted by molar-refractivity contribution is 6.06. The molecule has 3 N–H and O–H groups in total. The normalized spacial score (nSPS) is 22.7. The Hall–Kier alpha value is -2.90. The van der Waals surface area contributed by atoms with E-state index in [1.807, 2.05) is 30.3 Å². The molecule has 138 valence electrons. The quantitative estimate of drug-likeness (QED) is 0.635. The van der Waals surface area contributed by atoms with Crippen molar-refractivity contribution < 1.29 is 24.3 Å². The summed E-state index contributed by atoms with van der Waals surface area (Å²) < 4.78 is 0. The van der Waals surface area contributed by atoms with Crippen LogP contribution in [0.15, 0.2) is 30.3 Å². The number of aliphatic carboxylic acids is 1. The van der Waals surface area contributed by atoms with E-state index in [9.17, 15) is 19.2 Å². The van der Waals surface area contributed by atoms with Gasteiger partial charge in [-0.3, -0.25) is 19.7 Å². The van der Waals surface area contributed by atoms with Crippen molar-refractivity contribution >= 4 is 23.8 Å². The molecule has 1 unspecified atom stereocenters. The summed E-state index contributed by atoms with van der Waals surface area (Å²) in [6, 6.07) is 8.79. The molecule has 8 heteroatoms. The van der Waals surface area contributed by atoms with Crippen molar-refractivity contribution in [2.24, 2.45) is 11.8 Å². The maximum absolute atomic E-state index is 12.6.